The number of rotatable bonds is 2. The lowest BCUT2D eigenvalue weighted by molar-refractivity contribution is 1.81. The first kappa shape index (κ1) is 6.24. The lowest BCUT2D eigenvalue weighted by Gasteiger charge is -1.78. The van der Waals surface area contributed by atoms with E-state index in [-0.39, 0.29) is 0 Å². The summed E-state index contributed by atoms with van der Waals surface area (Å²) >= 11 is 1.91. The standard InChI is InChI=1S/Cl2HNS2/c1-4-3-5-2/h3H. The predicted molar refractivity (Wildman–Crippen MR) is 30.0 cm³/mol. The van der Waals surface area contributed by atoms with Crippen LogP contribution in [0, 0.1) is 0 Å². The van der Waals surface area contributed by atoms with E-state index >= 15 is 0 Å². The Labute approximate surface area is 48.1 Å². The van der Waals surface area contributed by atoms with Gasteiger partial charge < -0.3 is 0 Å². The Morgan fingerprint density at radius 3 is 1.60 bits per heavy atom. The lowest BCUT2D eigenvalue weighted by Crippen LogP contribution is -1.73. The van der Waals surface area contributed by atoms with Gasteiger partial charge >= 0.3 is 0 Å². The molecule has 5 heavy (non-hydrogen) atoms. The van der Waals surface area contributed by atoms with Gasteiger partial charge in [0.2, 0.25) is 0 Å². The van der Waals surface area contributed by atoms with Crippen LogP contribution in [0.4, 0.5) is 0 Å². The van der Waals surface area contributed by atoms with Crippen LogP contribution in [0.5, 0.6) is 0 Å². The van der Waals surface area contributed by atoms with Crippen molar-refractivity contribution in [2.24, 2.45) is 0 Å². The second-order valence-electron chi connectivity index (χ2n) is 0.238. The molecule has 32 valence electrons. The van der Waals surface area contributed by atoms with Crippen molar-refractivity contribution in [2.75, 3.05) is 0 Å². The van der Waals surface area contributed by atoms with E-state index in [2.05, 4.69) is 4.13 Å². The van der Waals surface area contributed by atoms with Gasteiger partial charge in [-0.2, -0.15) is 4.13 Å². The minimum atomic E-state index is 0.955. The highest BCUT2D eigenvalue weighted by atomic mass is 35.7. The Balaban J connectivity index is 2.19. The highest BCUT2D eigenvalue weighted by Gasteiger charge is 1.69. The molecular formula is HCl2NS2. The third-order valence-electron chi connectivity index (χ3n) is 0.0630. The van der Waals surface area contributed by atoms with Crippen LogP contribution in [0.15, 0.2) is 0 Å². The maximum absolute atomic E-state index is 5.00. The van der Waals surface area contributed by atoms with Crippen LogP contribution in [0.1, 0.15) is 0 Å². The lowest BCUT2D eigenvalue weighted by atomic mass is 13.9. The Bertz CT molecular complexity index is 15.1. The molecular weight excluding hydrogens is 149 g/mol. The summed E-state index contributed by atoms with van der Waals surface area (Å²) in [6.45, 7) is 0. The van der Waals surface area contributed by atoms with Crippen molar-refractivity contribution < 1.29 is 0 Å². The van der Waals surface area contributed by atoms with Crippen LogP contribution >= 0.6 is 43.7 Å². The maximum atomic E-state index is 5.00. The average Bonchev–Trinajstić information content (AvgIpc) is 1.41. The second kappa shape index (κ2) is 5.24. The highest BCUT2D eigenvalue weighted by Crippen LogP contribution is 2.08. The molecule has 0 aliphatic rings. The molecule has 0 aromatic heterocycles. The molecule has 0 rings (SSSR count). The Morgan fingerprint density at radius 2 is 1.60 bits per heavy atom. The van der Waals surface area contributed by atoms with Gasteiger partial charge in [-0.15, -0.1) is 0 Å². The smallest absolute Gasteiger partial charge is 0.0396 e. The third kappa shape index (κ3) is 5.24. The number of nitrogens with one attached hydrogen (secondary N) is 1. The van der Waals surface area contributed by atoms with Crippen molar-refractivity contribution in [3.8, 4) is 0 Å². The van der Waals surface area contributed by atoms with Crippen LogP contribution in [0.2, 0.25) is 0 Å². The topological polar surface area (TPSA) is 12.0 Å². The molecule has 0 aliphatic heterocycles. The molecule has 0 aliphatic carbocycles. The number of halogens is 2. The minimum absolute atomic E-state index is 0.955. The molecule has 0 heterocycles. The van der Waals surface area contributed by atoms with Crippen LogP contribution in [-0.2, 0) is 0 Å². The molecule has 0 fully saturated rings. The SMILES string of the molecule is ClSNSCl. The van der Waals surface area contributed by atoms with Crippen LogP contribution in [0.3, 0.4) is 0 Å². The molecule has 0 atom stereocenters. The summed E-state index contributed by atoms with van der Waals surface area (Å²) in [5.74, 6) is 0. The molecule has 5 heteroatoms. The van der Waals surface area contributed by atoms with Gasteiger partial charge in [0.15, 0.2) is 0 Å². The zero-order chi connectivity index (χ0) is 4.12. The molecule has 0 radical (unpaired) electrons. The Morgan fingerprint density at radius 1 is 1.20 bits per heavy atom. The number of hydrogen-bond donors (Lipinski definition) is 1. The van der Waals surface area contributed by atoms with Crippen molar-refractivity contribution >= 4 is 43.7 Å². The number of hydrogen-bond acceptors (Lipinski definition) is 3. The highest BCUT2D eigenvalue weighted by molar-refractivity contribution is 8.32. The quantitative estimate of drug-likeness (QED) is 0.606. The van der Waals surface area contributed by atoms with Gasteiger partial charge in [0, 0.05) is 22.3 Å². The second-order valence-corrected chi connectivity index (χ2v) is 2.14. The third-order valence-corrected chi connectivity index (χ3v) is 1.70. The molecule has 1 nitrogen and oxygen atoms in total. The van der Waals surface area contributed by atoms with E-state index in [1.165, 1.54) is 0 Å². The first-order chi connectivity index (χ1) is 2.41. The molecule has 0 unspecified atom stereocenters. The van der Waals surface area contributed by atoms with Crippen molar-refractivity contribution in [3.05, 3.63) is 0 Å². The van der Waals surface area contributed by atoms with Gasteiger partial charge in [-0.05, 0) is 21.4 Å². The molecule has 0 bridgehead atoms. The summed E-state index contributed by atoms with van der Waals surface area (Å²) in [4.78, 5) is 0. The van der Waals surface area contributed by atoms with Gasteiger partial charge in [-0.3, -0.25) is 0 Å². The van der Waals surface area contributed by atoms with Crippen molar-refractivity contribution in [3.63, 3.8) is 0 Å². The van der Waals surface area contributed by atoms with E-state index < -0.39 is 0 Å². The molecule has 1 N–H and O–H groups in total. The van der Waals surface area contributed by atoms with E-state index in [1.807, 2.05) is 0 Å². The van der Waals surface area contributed by atoms with Gasteiger partial charge in [-0.1, -0.05) is 0 Å². The molecule has 0 amide bonds. The van der Waals surface area contributed by atoms with E-state index in [9.17, 15) is 0 Å². The summed E-state index contributed by atoms with van der Waals surface area (Å²) in [5, 5.41) is 0. The summed E-state index contributed by atoms with van der Waals surface area (Å²) in [6, 6.07) is 0. The summed E-state index contributed by atoms with van der Waals surface area (Å²) < 4.78 is 2.48. The van der Waals surface area contributed by atoms with E-state index in [1.54, 1.807) is 0 Å². The van der Waals surface area contributed by atoms with Crippen molar-refractivity contribution in [1.82, 2.24) is 4.13 Å². The minimum Gasteiger partial charge on any atom is -0.180 e. The van der Waals surface area contributed by atoms with Crippen molar-refractivity contribution in [1.29, 1.82) is 0 Å². The van der Waals surface area contributed by atoms with Gasteiger partial charge in [0.05, 0.1) is 0 Å². The molecule has 0 spiro atoms. The molecule has 0 aromatic carbocycles. The predicted octanol–water partition coefficient (Wildman–Crippen LogP) is 2.18. The van der Waals surface area contributed by atoms with Crippen LogP contribution in [-0.4, -0.2) is 0 Å². The largest absolute Gasteiger partial charge is 0.180 e. The fraction of sp³-hybridized carbons (Fsp3) is 0. The molecule has 0 aromatic rings. The van der Waals surface area contributed by atoms with Gasteiger partial charge in [0.1, 0.15) is 0 Å². The monoisotopic (exact) mass is 149 g/mol. The molecule has 0 saturated carbocycles. The van der Waals surface area contributed by atoms with Gasteiger partial charge in [-0.25, -0.2) is 0 Å². The van der Waals surface area contributed by atoms with Crippen molar-refractivity contribution in [2.45, 2.75) is 0 Å². The fourth-order valence-corrected chi connectivity index (χ4v) is 0.964. The zero-order valence-corrected chi connectivity index (χ0v) is 5.22. The van der Waals surface area contributed by atoms with E-state index in [4.69, 9.17) is 21.4 Å². The first-order valence-corrected chi connectivity index (χ1v) is 4.00. The Kier molecular flexibility index (Phi) is 6.54. The Hall–Kier alpha value is 1.24. The molecule has 0 saturated heterocycles. The summed E-state index contributed by atoms with van der Waals surface area (Å²) in [7, 11) is 10.0. The van der Waals surface area contributed by atoms with Crippen LogP contribution < -0.4 is 4.13 Å². The fourth-order valence-electron chi connectivity index (χ4n) is 0.0119. The maximum Gasteiger partial charge on any atom is 0.0396 e. The average molecular weight is 150 g/mol. The normalized spacial score (nSPS) is 8.40. The van der Waals surface area contributed by atoms with Crippen LogP contribution in [0.25, 0.3) is 0 Å². The zero-order valence-electron chi connectivity index (χ0n) is 2.07. The first-order valence-electron chi connectivity index (χ1n) is 0.717. The summed E-state index contributed by atoms with van der Waals surface area (Å²) in [5.41, 5.74) is 0. The summed E-state index contributed by atoms with van der Waals surface area (Å²) in [6.07, 6.45) is 0. The van der Waals surface area contributed by atoms with Gasteiger partial charge in [0.25, 0.3) is 0 Å². The van der Waals surface area contributed by atoms with E-state index in [0.29, 0.717) is 0 Å². The van der Waals surface area contributed by atoms with E-state index in [0.717, 1.165) is 22.3 Å².